The highest BCUT2D eigenvalue weighted by atomic mass is 16.5. The number of carbonyl (C=O) groups is 1. The summed E-state index contributed by atoms with van der Waals surface area (Å²) >= 11 is 0. The van der Waals surface area contributed by atoms with Crippen molar-refractivity contribution >= 4 is 5.91 Å². The average Bonchev–Trinajstić information content (AvgIpc) is 3.06. The molecular formula is C17H21N3O4. The zero-order chi connectivity index (χ0) is 17.3. The molecule has 3 heterocycles. The molecule has 0 bridgehead atoms. The summed E-state index contributed by atoms with van der Waals surface area (Å²) < 4.78 is 11.3. The van der Waals surface area contributed by atoms with Crippen LogP contribution in [0, 0.1) is 13.8 Å². The Morgan fingerprint density at radius 1 is 1.42 bits per heavy atom. The Labute approximate surface area is 139 Å². The molecule has 1 aliphatic heterocycles. The van der Waals surface area contributed by atoms with Crippen molar-refractivity contribution in [3.8, 4) is 0 Å². The van der Waals surface area contributed by atoms with Crippen LogP contribution in [0.2, 0.25) is 0 Å². The van der Waals surface area contributed by atoms with Crippen molar-refractivity contribution in [3.63, 3.8) is 0 Å². The molecule has 0 radical (unpaired) electrons. The molecule has 7 nitrogen and oxygen atoms in total. The van der Waals surface area contributed by atoms with E-state index in [9.17, 15) is 9.59 Å². The van der Waals surface area contributed by atoms with E-state index in [4.69, 9.17) is 9.15 Å². The van der Waals surface area contributed by atoms with Crippen LogP contribution in [0.15, 0.2) is 21.3 Å². The van der Waals surface area contributed by atoms with Crippen LogP contribution in [0.5, 0.6) is 0 Å². The maximum Gasteiger partial charge on any atom is 0.279 e. The third-order valence-electron chi connectivity index (χ3n) is 4.29. The van der Waals surface area contributed by atoms with Crippen LogP contribution in [0.4, 0.5) is 0 Å². The van der Waals surface area contributed by atoms with Crippen molar-refractivity contribution in [1.29, 1.82) is 0 Å². The largest absolute Gasteiger partial charge is 0.464 e. The first kappa shape index (κ1) is 16.4. The average molecular weight is 331 g/mol. The third-order valence-corrected chi connectivity index (χ3v) is 4.29. The fourth-order valence-electron chi connectivity index (χ4n) is 2.75. The first-order valence-electron chi connectivity index (χ1n) is 8.06. The molecule has 0 aliphatic carbocycles. The predicted molar refractivity (Wildman–Crippen MR) is 87.0 cm³/mol. The van der Waals surface area contributed by atoms with E-state index >= 15 is 0 Å². The van der Waals surface area contributed by atoms with Gasteiger partial charge < -0.3 is 19.0 Å². The summed E-state index contributed by atoms with van der Waals surface area (Å²) in [5.74, 6) is 1.12. The molecule has 0 aromatic carbocycles. The molecule has 7 heteroatoms. The Kier molecular flexibility index (Phi) is 4.53. The SMILES string of the molecule is CCc1ccc(C2COCCN2C(=O)c2nc(C)c(C)[nH]c2=O)o1. The molecule has 1 saturated heterocycles. The van der Waals surface area contributed by atoms with Gasteiger partial charge in [0.2, 0.25) is 0 Å². The van der Waals surface area contributed by atoms with Gasteiger partial charge in [0.1, 0.15) is 17.6 Å². The molecule has 2 aromatic rings. The van der Waals surface area contributed by atoms with Gasteiger partial charge in [-0.15, -0.1) is 0 Å². The highest BCUT2D eigenvalue weighted by Crippen LogP contribution is 2.27. The van der Waals surface area contributed by atoms with Crippen molar-refractivity contribution in [3.05, 3.63) is 51.1 Å². The van der Waals surface area contributed by atoms with E-state index in [1.54, 1.807) is 18.7 Å². The Morgan fingerprint density at radius 2 is 2.21 bits per heavy atom. The summed E-state index contributed by atoms with van der Waals surface area (Å²) in [5, 5.41) is 0. The summed E-state index contributed by atoms with van der Waals surface area (Å²) in [6.45, 7) is 6.67. The summed E-state index contributed by atoms with van der Waals surface area (Å²) in [5.41, 5.74) is 0.733. The van der Waals surface area contributed by atoms with Crippen LogP contribution in [-0.4, -0.2) is 40.5 Å². The van der Waals surface area contributed by atoms with Crippen LogP contribution in [0.25, 0.3) is 0 Å². The molecule has 2 aromatic heterocycles. The minimum atomic E-state index is -0.470. The molecule has 0 saturated carbocycles. The molecule has 1 unspecified atom stereocenters. The van der Waals surface area contributed by atoms with Crippen LogP contribution >= 0.6 is 0 Å². The maximum absolute atomic E-state index is 12.9. The maximum atomic E-state index is 12.9. The van der Waals surface area contributed by atoms with Gasteiger partial charge in [0, 0.05) is 18.7 Å². The number of furan rings is 1. The Bertz CT molecular complexity index is 808. The van der Waals surface area contributed by atoms with Crippen molar-refractivity contribution in [2.75, 3.05) is 19.8 Å². The topological polar surface area (TPSA) is 88.4 Å². The molecule has 1 atom stereocenters. The van der Waals surface area contributed by atoms with E-state index in [0.29, 0.717) is 36.9 Å². The minimum Gasteiger partial charge on any atom is -0.464 e. The molecule has 24 heavy (non-hydrogen) atoms. The van der Waals surface area contributed by atoms with E-state index in [1.807, 2.05) is 19.1 Å². The predicted octanol–water partition coefficient (Wildman–Crippen LogP) is 1.76. The Morgan fingerprint density at radius 3 is 2.92 bits per heavy atom. The van der Waals surface area contributed by atoms with E-state index in [2.05, 4.69) is 9.97 Å². The van der Waals surface area contributed by atoms with Crippen molar-refractivity contribution in [2.45, 2.75) is 33.2 Å². The monoisotopic (exact) mass is 331 g/mol. The normalized spacial score (nSPS) is 18.0. The number of morpholine rings is 1. The summed E-state index contributed by atoms with van der Waals surface area (Å²) in [7, 11) is 0. The summed E-state index contributed by atoms with van der Waals surface area (Å²) in [4.78, 5) is 33.5. The number of H-pyrrole nitrogens is 1. The number of aryl methyl sites for hydroxylation is 3. The van der Waals surface area contributed by atoms with Gasteiger partial charge in [-0.25, -0.2) is 4.98 Å². The van der Waals surface area contributed by atoms with E-state index < -0.39 is 11.5 Å². The number of nitrogens with zero attached hydrogens (tertiary/aromatic N) is 2. The number of hydrogen-bond acceptors (Lipinski definition) is 5. The summed E-state index contributed by atoms with van der Waals surface area (Å²) in [6.07, 6.45) is 0.778. The van der Waals surface area contributed by atoms with Crippen LogP contribution < -0.4 is 5.56 Å². The number of rotatable bonds is 3. The highest BCUT2D eigenvalue weighted by molar-refractivity contribution is 5.92. The highest BCUT2D eigenvalue weighted by Gasteiger charge is 2.33. The van der Waals surface area contributed by atoms with E-state index in [1.165, 1.54) is 0 Å². The van der Waals surface area contributed by atoms with Crippen LogP contribution in [0.3, 0.4) is 0 Å². The van der Waals surface area contributed by atoms with Gasteiger partial charge in [0.05, 0.1) is 18.9 Å². The second kappa shape index (κ2) is 6.60. The van der Waals surface area contributed by atoms with Crippen molar-refractivity contribution in [2.24, 2.45) is 0 Å². The quantitative estimate of drug-likeness (QED) is 0.926. The number of aromatic nitrogens is 2. The standard InChI is InChI=1S/C17H21N3O4/c1-4-12-5-6-14(24-12)13-9-23-8-7-20(13)17(22)15-16(21)19-11(3)10(2)18-15/h5-6,13H,4,7-9H2,1-3H3,(H,19,21). The van der Waals surface area contributed by atoms with Crippen LogP contribution in [-0.2, 0) is 11.2 Å². The summed E-state index contributed by atoms with van der Waals surface area (Å²) in [6, 6.07) is 3.40. The third kappa shape index (κ3) is 2.99. The second-order valence-corrected chi connectivity index (χ2v) is 5.87. The van der Waals surface area contributed by atoms with E-state index in [0.717, 1.165) is 12.2 Å². The molecular weight excluding hydrogens is 310 g/mol. The van der Waals surface area contributed by atoms with Gasteiger partial charge >= 0.3 is 0 Å². The second-order valence-electron chi connectivity index (χ2n) is 5.87. The first-order chi connectivity index (χ1) is 11.5. The van der Waals surface area contributed by atoms with Crippen LogP contribution in [0.1, 0.15) is 46.4 Å². The zero-order valence-electron chi connectivity index (χ0n) is 14.1. The van der Waals surface area contributed by atoms with Gasteiger partial charge in [-0.2, -0.15) is 0 Å². The number of aromatic amines is 1. The smallest absolute Gasteiger partial charge is 0.279 e. The zero-order valence-corrected chi connectivity index (χ0v) is 14.1. The number of amides is 1. The molecule has 1 aliphatic rings. The first-order valence-corrected chi connectivity index (χ1v) is 8.06. The fraction of sp³-hybridized carbons (Fsp3) is 0.471. The minimum absolute atomic E-state index is 0.0905. The fourth-order valence-corrected chi connectivity index (χ4v) is 2.75. The van der Waals surface area contributed by atoms with Crippen molar-refractivity contribution in [1.82, 2.24) is 14.9 Å². The number of nitrogens with one attached hydrogen (secondary N) is 1. The number of hydrogen-bond donors (Lipinski definition) is 1. The van der Waals surface area contributed by atoms with Gasteiger partial charge in [-0.3, -0.25) is 9.59 Å². The lowest BCUT2D eigenvalue weighted by Gasteiger charge is -2.34. The number of carbonyl (C=O) groups excluding carboxylic acids is 1. The lowest BCUT2D eigenvalue weighted by molar-refractivity contribution is -0.00942. The Hall–Kier alpha value is -2.41. The molecule has 128 valence electrons. The molecule has 1 fully saturated rings. The molecule has 3 rings (SSSR count). The van der Waals surface area contributed by atoms with Gasteiger partial charge in [-0.05, 0) is 26.0 Å². The number of ether oxygens (including phenoxy) is 1. The van der Waals surface area contributed by atoms with E-state index in [-0.39, 0.29) is 11.7 Å². The lowest BCUT2D eigenvalue weighted by Crippen LogP contribution is -2.45. The lowest BCUT2D eigenvalue weighted by atomic mass is 10.1. The molecule has 0 spiro atoms. The van der Waals surface area contributed by atoms with Crippen molar-refractivity contribution < 1.29 is 13.9 Å². The molecule has 1 amide bonds. The Balaban J connectivity index is 1.94. The molecule has 1 N–H and O–H groups in total. The van der Waals surface area contributed by atoms with Gasteiger partial charge in [0.15, 0.2) is 5.69 Å². The van der Waals surface area contributed by atoms with Gasteiger partial charge in [-0.1, -0.05) is 6.92 Å². The van der Waals surface area contributed by atoms with Gasteiger partial charge in [0.25, 0.3) is 11.5 Å².